The first-order valence-electron chi connectivity index (χ1n) is 7.80. The maximum absolute atomic E-state index is 13.1. The number of hydrogen-bond acceptors (Lipinski definition) is 4. The van der Waals surface area contributed by atoms with E-state index in [1.54, 1.807) is 0 Å². The summed E-state index contributed by atoms with van der Waals surface area (Å²) in [7, 11) is 0. The number of halogens is 5. The van der Waals surface area contributed by atoms with Gasteiger partial charge in [0, 0.05) is 12.5 Å². The van der Waals surface area contributed by atoms with Crippen LogP contribution in [0.2, 0.25) is 5.02 Å². The molecule has 3 unspecified atom stereocenters. The minimum atomic E-state index is -5.05. The van der Waals surface area contributed by atoms with Gasteiger partial charge >= 0.3 is 12.1 Å². The van der Waals surface area contributed by atoms with Crippen molar-refractivity contribution in [2.45, 2.75) is 24.6 Å². The summed E-state index contributed by atoms with van der Waals surface area (Å²) in [6, 6.07) is 3.63. The lowest BCUT2D eigenvalue weighted by Crippen LogP contribution is -2.56. The van der Waals surface area contributed by atoms with Gasteiger partial charge in [-0.2, -0.15) is 13.2 Å². The number of rotatable bonds is 4. The van der Waals surface area contributed by atoms with Crippen LogP contribution < -0.4 is 10.1 Å². The molecule has 1 N–H and O–H groups in total. The van der Waals surface area contributed by atoms with Crippen molar-refractivity contribution >= 4 is 17.6 Å². The zero-order valence-corrected chi connectivity index (χ0v) is 13.8. The Balaban J connectivity index is 1.75. The average molecular weight is 382 g/mol. The molecule has 1 aliphatic heterocycles. The molecule has 3 atom stereocenters. The fraction of sp³-hybridized carbons (Fsp3) is 0.562. The Bertz CT molecular complexity index is 665. The van der Waals surface area contributed by atoms with E-state index in [-0.39, 0.29) is 29.8 Å². The van der Waals surface area contributed by atoms with E-state index in [0.29, 0.717) is 19.4 Å². The fourth-order valence-corrected chi connectivity index (χ4v) is 3.87. The third kappa shape index (κ3) is 3.69. The number of piperidine rings is 1. The van der Waals surface area contributed by atoms with Gasteiger partial charge in [-0.1, -0.05) is 11.6 Å². The van der Waals surface area contributed by atoms with Gasteiger partial charge in [0.1, 0.15) is 17.2 Å². The monoisotopic (exact) mass is 381 g/mol. The minimum Gasteiger partial charge on any atom is -0.492 e. The molecule has 1 saturated carbocycles. The van der Waals surface area contributed by atoms with E-state index >= 15 is 0 Å². The molecule has 2 fully saturated rings. The standard InChI is InChI=1S/C16H16ClF4NO3/c17-12-5-10(18)1-2-13(12)24-7-11-9-3-4-15(11,8-22-6-9)25-14(23)16(19,20)21/h1-2,5,9,11,22H,3-4,6-8H2. The molecule has 1 aliphatic carbocycles. The fourth-order valence-electron chi connectivity index (χ4n) is 3.64. The van der Waals surface area contributed by atoms with Gasteiger partial charge in [0.25, 0.3) is 0 Å². The minimum absolute atomic E-state index is 0.0222. The summed E-state index contributed by atoms with van der Waals surface area (Å²) in [6.07, 6.45) is -4.09. The predicted octanol–water partition coefficient (Wildman–Crippen LogP) is 3.33. The summed E-state index contributed by atoms with van der Waals surface area (Å²) >= 11 is 5.90. The van der Waals surface area contributed by atoms with E-state index in [1.807, 2.05) is 0 Å². The van der Waals surface area contributed by atoms with E-state index in [0.717, 1.165) is 6.07 Å². The molecule has 1 aromatic carbocycles. The number of fused-ring (bicyclic) bond motifs is 2. The van der Waals surface area contributed by atoms with E-state index in [4.69, 9.17) is 21.1 Å². The normalized spacial score (nSPS) is 28.7. The molecule has 2 bridgehead atoms. The third-order valence-corrected chi connectivity index (χ3v) is 5.15. The van der Waals surface area contributed by atoms with Crippen LogP contribution in [-0.4, -0.2) is 37.4 Å². The van der Waals surface area contributed by atoms with E-state index in [1.165, 1.54) is 12.1 Å². The lowest BCUT2D eigenvalue weighted by molar-refractivity contribution is -0.219. The van der Waals surface area contributed by atoms with Crippen LogP contribution in [0.3, 0.4) is 0 Å². The number of carbonyl (C=O) groups excluding carboxylic acids is 1. The lowest BCUT2D eigenvalue weighted by Gasteiger charge is -2.40. The number of hydrogen-bond donors (Lipinski definition) is 1. The van der Waals surface area contributed by atoms with Gasteiger partial charge in [0.15, 0.2) is 0 Å². The quantitative estimate of drug-likeness (QED) is 0.642. The van der Waals surface area contributed by atoms with Crippen LogP contribution in [0.25, 0.3) is 0 Å². The van der Waals surface area contributed by atoms with Crippen LogP contribution in [0, 0.1) is 17.7 Å². The van der Waals surface area contributed by atoms with Crippen molar-refractivity contribution in [3.05, 3.63) is 29.0 Å². The highest BCUT2D eigenvalue weighted by molar-refractivity contribution is 6.32. The molecule has 0 aromatic heterocycles. The van der Waals surface area contributed by atoms with Crippen molar-refractivity contribution in [3.8, 4) is 5.75 Å². The highest BCUT2D eigenvalue weighted by atomic mass is 35.5. The Morgan fingerprint density at radius 3 is 2.84 bits per heavy atom. The molecule has 1 aromatic rings. The number of nitrogens with one attached hydrogen (secondary N) is 1. The van der Waals surface area contributed by atoms with Crippen molar-refractivity contribution in [3.63, 3.8) is 0 Å². The summed E-state index contributed by atoms with van der Waals surface area (Å²) in [5.41, 5.74) is -1.26. The van der Waals surface area contributed by atoms with Crippen LogP contribution in [0.4, 0.5) is 17.6 Å². The van der Waals surface area contributed by atoms with Gasteiger partial charge in [-0.25, -0.2) is 9.18 Å². The Morgan fingerprint density at radius 1 is 1.40 bits per heavy atom. The number of benzene rings is 1. The maximum atomic E-state index is 13.1. The van der Waals surface area contributed by atoms with Crippen molar-refractivity contribution in [1.29, 1.82) is 0 Å². The first-order chi connectivity index (χ1) is 11.7. The second kappa shape index (κ2) is 6.64. The van der Waals surface area contributed by atoms with Gasteiger partial charge in [-0.05, 0) is 43.5 Å². The van der Waals surface area contributed by atoms with Crippen molar-refractivity contribution in [2.24, 2.45) is 11.8 Å². The number of esters is 1. The SMILES string of the molecule is O=C(OC12CCC(CNC1)C2COc1ccc(F)cc1Cl)C(F)(F)F. The van der Waals surface area contributed by atoms with Crippen molar-refractivity contribution in [1.82, 2.24) is 5.32 Å². The second-order valence-corrected chi connectivity index (χ2v) is 6.78. The molecular weight excluding hydrogens is 366 g/mol. The number of ether oxygens (including phenoxy) is 2. The van der Waals surface area contributed by atoms with Crippen LogP contribution in [0.15, 0.2) is 18.2 Å². The first-order valence-corrected chi connectivity index (χ1v) is 8.18. The van der Waals surface area contributed by atoms with Crippen molar-refractivity contribution in [2.75, 3.05) is 19.7 Å². The number of carbonyl (C=O) groups is 1. The summed E-state index contributed by atoms with van der Waals surface area (Å²) in [5, 5.41) is 3.09. The number of alkyl halides is 3. The molecule has 1 heterocycles. The summed E-state index contributed by atoms with van der Waals surface area (Å²) < 4.78 is 61.4. The van der Waals surface area contributed by atoms with Gasteiger partial charge in [-0.3, -0.25) is 0 Å². The van der Waals surface area contributed by atoms with Gasteiger partial charge in [-0.15, -0.1) is 0 Å². The largest absolute Gasteiger partial charge is 0.492 e. The summed E-state index contributed by atoms with van der Waals surface area (Å²) in [4.78, 5) is 11.3. The van der Waals surface area contributed by atoms with Gasteiger partial charge in [0.2, 0.25) is 0 Å². The maximum Gasteiger partial charge on any atom is 0.490 e. The zero-order chi connectivity index (χ0) is 18.2. The van der Waals surface area contributed by atoms with E-state index < -0.39 is 29.5 Å². The average Bonchev–Trinajstić information content (AvgIpc) is 2.71. The Hall–Kier alpha value is -1.54. The smallest absolute Gasteiger partial charge is 0.490 e. The molecule has 3 rings (SSSR count). The van der Waals surface area contributed by atoms with Crippen LogP contribution in [-0.2, 0) is 9.53 Å². The van der Waals surface area contributed by atoms with Gasteiger partial charge < -0.3 is 14.8 Å². The molecule has 0 amide bonds. The molecule has 2 aliphatic rings. The second-order valence-electron chi connectivity index (χ2n) is 6.37. The Morgan fingerprint density at radius 2 is 2.16 bits per heavy atom. The van der Waals surface area contributed by atoms with Crippen LogP contribution in [0.5, 0.6) is 5.75 Å². The molecule has 9 heteroatoms. The topological polar surface area (TPSA) is 47.6 Å². The third-order valence-electron chi connectivity index (χ3n) is 4.85. The molecule has 0 spiro atoms. The lowest BCUT2D eigenvalue weighted by atomic mass is 9.83. The molecule has 25 heavy (non-hydrogen) atoms. The molecule has 1 saturated heterocycles. The van der Waals surface area contributed by atoms with Crippen LogP contribution >= 0.6 is 11.6 Å². The van der Waals surface area contributed by atoms with Crippen molar-refractivity contribution < 1.29 is 31.8 Å². The molecular formula is C16H16ClF4NO3. The molecule has 4 nitrogen and oxygen atoms in total. The van der Waals surface area contributed by atoms with E-state index in [2.05, 4.69) is 5.32 Å². The Labute approximate surface area is 146 Å². The molecule has 138 valence electrons. The summed E-state index contributed by atoms with van der Waals surface area (Å²) in [5.74, 6) is -2.86. The van der Waals surface area contributed by atoms with Gasteiger partial charge in [0.05, 0.1) is 11.6 Å². The Kier molecular flexibility index (Phi) is 4.85. The zero-order valence-electron chi connectivity index (χ0n) is 13.0. The van der Waals surface area contributed by atoms with Crippen LogP contribution in [0.1, 0.15) is 12.8 Å². The predicted molar refractivity (Wildman–Crippen MR) is 80.9 cm³/mol. The highest BCUT2D eigenvalue weighted by Gasteiger charge is 2.57. The highest BCUT2D eigenvalue weighted by Crippen LogP contribution is 2.46. The first kappa shape index (κ1) is 18.3. The summed E-state index contributed by atoms with van der Waals surface area (Å²) in [6.45, 7) is 0.774. The van der Waals surface area contributed by atoms with E-state index in [9.17, 15) is 22.4 Å². The molecule has 0 radical (unpaired) electrons.